The lowest BCUT2D eigenvalue weighted by molar-refractivity contribution is 0.261. The molecule has 1 N–H and O–H groups in total. The van der Waals surface area contributed by atoms with Crippen molar-refractivity contribution in [3.05, 3.63) is 47.5 Å². The smallest absolute Gasteiger partial charge is 0.275 e. The average Bonchev–Trinajstić information content (AvgIpc) is 2.29. The van der Waals surface area contributed by atoms with Gasteiger partial charge in [-0.15, -0.1) is 0 Å². The summed E-state index contributed by atoms with van der Waals surface area (Å²) in [5.41, 5.74) is 2.50. The van der Waals surface area contributed by atoms with Crippen molar-refractivity contribution in [3.63, 3.8) is 0 Å². The Morgan fingerprint density at radius 1 is 1.18 bits per heavy atom. The Bertz CT molecular complexity index is 551. The molecule has 0 aliphatic rings. The first-order valence-electron chi connectivity index (χ1n) is 5.61. The van der Waals surface area contributed by atoms with Gasteiger partial charge in [0, 0.05) is 6.54 Å². The summed E-state index contributed by atoms with van der Waals surface area (Å²) in [6.07, 6.45) is 0.829. The number of rotatable bonds is 3. The third kappa shape index (κ3) is 3.24. The number of thiol groups is 1. The van der Waals surface area contributed by atoms with Gasteiger partial charge in [0.05, 0.1) is 0 Å². The standard InChI is InChI=1S/C14H15NOS/c1-10-2-4-13-9-11(3-5-12(13)8-10)6-7-15-14(16)17/h2-5,8-9H,6-7H2,1H3,(H2,15,16,17). The number of carbonyl (C=O) groups is 1. The first-order valence-corrected chi connectivity index (χ1v) is 6.06. The molecule has 0 fully saturated rings. The van der Waals surface area contributed by atoms with Crippen LogP contribution in [-0.4, -0.2) is 11.8 Å². The quantitative estimate of drug-likeness (QED) is 0.798. The van der Waals surface area contributed by atoms with E-state index in [2.05, 4.69) is 61.3 Å². The van der Waals surface area contributed by atoms with Crippen molar-refractivity contribution in [2.75, 3.05) is 6.54 Å². The highest BCUT2D eigenvalue weighted by atomic mass is 32.1. The van der Waals surface area contributed by atoms with E-state index < -0.39 is 0 Å². The van der Waals surface area contributed by atoms with E-state index in [0.29, 0.717) is 6.54 Å². The van der Waals surface area contributed by atoms with Crippen LogP contribution in [0.25, 0.3) is 10.8 Å². The molecule has 0 heterocycles. The maximum Gasteiger partial charge on any atom is 0.275 e. The van der Waals surface area contributed by atoms with E-state index in [0.717, 1.165) is 6.42 Å². The molecule has 1 amide bonds. The van der Waals surface area contributed by atoms with Gasteiger partial charge in [-0.1, -0.05) is 54.6 Å². The summed E-state index contributed by atoms with van der Waals surface area (Å²) >= 11 is 3.66. The summed E-state index contributed by atoms with van der Waals surface area (Å²) < 4.78 is 0. The SMILES string of the molecule is Cc1ccc2cc(CCNC(=O)S)ccc2c1. The second-order valence-electron chi connectivity index (χ2n) is 4.17. The van der Waals surface area contributed by atoms with Crippen LogP contribution in [0.5, 0.6) is 0 Å². The summed E-state index contributed by atoms with van der Waals surface area (Å²) in [5.74, 6) is 0. The summed E-state index contributed by atoms with van der Waals surface area (Å²) in [7, 11) is 0. The average molecular weight is 245 g/mol. The molecule has 0 unspecified atom stereocenters. The van der Waals surface area contributed by atoms with Crippen LogP contribution in [0.15, 0.2) is 36.4 Å². The van der Waals surface area contributed by atoms with E-state index in [-0.39, 0.29) is 5.24 Å². The number of benzene rings is 2. The van der Waals surface area contributed by atoms with Crippen LogP contribution in [0.4, 0.5) is 4.79 Å². The van der Waals surface area contributed by atoms with Crippen molar-refractivity contribution in [2.24, 2.45) is 0 Å². The zero-order valence-corrected chi connectivity index (χ0v) is 10.6. The third-order valence-corrected chi connectivity index (χ3v) is 2.91. The molecule has 0 saturated carbocycles. The minimum absolute atomic E-state index is 0.276. The second kappa shape index (κ2) is 5.23. The van der Waals surface area contributed by atoms with Crippen molar-refractivity contribution in [3.8, 4) is 0 Å². The lowest BCUT2D eigenvalue weighted by Gasteiger charge is -2.05. The Labute approximate surface area is 106 Å². The minimum Gasteiger partial charge on any atom is -0.347 e. The molecule has 2 rings (SSSR count). The second-order valence-corrected chi connectivity index (χ2v) is 4.57. The Kier molecular flexibility index (Phi) is 3.69. The Morgan fingerprint density at radius 3 is 2.65 bits per heavy atom. The third-order valence-electron chi connectivity index (χ3n) is 2.75. The molecule has 0 radical (unpaired) electrons. The number of aryl methyl sites for hydroxylation is 1. The van der Waals surface area contributed by atoms with Gasteiger partial charge in [-0.25, -0.2) is 0 Å². The van der Waals surface area contributed by atoms with E-state index in [1.807, 2.05) is 0 Å². The van der Waals surface area contributed by atoms with Crippen LogP contribution in [0, 0.1) is 6.92 Å². The topological polar surface area (TPSA) is 29.1 Å². The molecular weight excluding hydrogens is 230 g/mol. The van der Waals surface area contributed by atoms with Crippen LogP contribution in [-0.2, 0) is 6.42 Å². The Morgan fingerprint density at radius 2 is 1.88 bits per heavy atom. The zero-order valence-electron chi connectivity index (χ0n) is 9.73. The van der Waals surface area contributed by atoms with E-state index in [9.17, 15) is 4.79 Å². The fraction of sp³-hybridized carbons (Fsp3) is 0.214. The van der Waals surface area contributed by atoms with Crippen molar-refractivity contribution in [1.29, 1.82) is 0 Å². The highest BCUT2D eigenvalue weighted by Gasteiger charge is 1.98. The molecule has 2 aromatic rings. The zero-order chi connectivity index (χ0) is 12.3. The molecule has 0 saturated heterocycles. The molecule has 88 valence electrons. The summed E-state index contributed by atoms with van der Waals surface area (Å²) in [4.78, 5) is 10.6. The number of carbonyl (C=O) groups excluding carboxylic acids is 1. The highest BCUT2D eigenvalue weighted by Crippen LogP contribution is 2.17. The van der Waals surface area contributed by atoms with Crippen molar-refractivity contribution in [2.45, 2.75) is 13.3 Å². The molecule has 0 aromatic heterocycles. The van der Waals surface area contributed by atoms with Gasteiger partial charge < -0.3 is 5.32 Å². The van der Waals surface area contributed by atoms with Gasteiger partial charge in [0.15, 0.2) is 0 Å². The largest absolute Gasteiger partial charge is 0.347 e. The number of fused-ring (bicyclic) bond motifs is 1. The Balaban J connectivity index is 2.14. The molecule has 0 bridgehead atoms. The van der Waals surface area contributed by atoms with E-state index in [4.69, 9.17) is 0 Å². The summed E-state index contributed by atoms with van der Waals surface area (Å²) in [6.45, 7) is 2.72. The van der Waals surface area contributed by atoms with E-state index >= 15 is 0 Å². The first kappa shape index (κ1) is 12.0. The van der Waals surface area contributed by atoms with Crippen molar-refractivity contribution < 1.29 is 4.79 Å². The lowest BCUT2D eigenvalue weighted by atomic mass is 10.0. The van der Waals surface area contributed by atoms with Crippen LogP contribution < -0.4 is 5.32 Å². The summed E-state index contributed by atoms with van der Waals surface area (Å²) in [6, 6.07) is 12.8. The molecule has 2 nitrogen and oxygen atoms in total. The van der Waals surface area contributed by atoms with Gasteiger partial charge in [-0.05, 0) is 29.7 Å². The van der Waals surface area contributed by atoms with E-state index in [1.54, 1.807) is 0 Å². The van der Waals surface area contributed by atoms with Crippen molar-refractivity contribution >= 4 is 28.6 Å². The predicted molar refractivity (Wildman–Crippen MR) is 74.8 cm³/mol. The maximum atomic E-state index is 10.6. The number of hydrogen-bond donors (Lipinski definition) is 2. The summed E-state index contributed by atoms with van der Waals surface area (Å²) in [5, 5.41) is 4.90. The molecule has 17 heavy (non-hydrogen) atoms. The fourth-order valence-electron chi connectivity index (χ4n) is 1.88. The van der Waals surface area contributed by atoms with Gasteiger partial charge in [0.25, 0.3) is 5.24 Å². The van der Waals surface area contributed by atoms with Crippen molar-refractivity contribution in [1.82, 2.24) is 5.32 Å². The number of hydrogen-bond acceptors (Lipinski definition) is 1. The molecule has 0 atom stereocenters. The van der Waals surface area contributed by atoms with Gasteiger partial charge in [0.1, 0.15) is 0 Å². The minimum atomic E-state index is -0.276. The van der Waals surface area contributed by atoms with Crippen LogP contribution in [0.2, 0.25) is 0 Å². The normalized spacial score (nSPS) is 10.5. The monoisotopic (exact) mass is 245 g/mol. The molecule has 3 heteroatoms. The maximum absolute atomic E-state index is 10.6. The van der Waals surface area contributed by atoms with E-state index in [1.165, 1.54) is 21.9 Å². The van der Waals surface area contributed by atoms with Crippen LogP contribution in [0.3, 0.4) is 0 Å². The predicted octanol–water partition coefficient (Wildman–Crippen LogP) is 3.33. The number of amides is 1. The molecule has 2 aromatic carbocycles. The molecule has 0 aliphatic heterocycles. The fourth-order valence-corrected chi connectivity index (χ4v) is 2.00. The molecular formula is C14H15NOS. The molecule has 0 aliphatic carbocycles. The van der Waals surface area contributed by atoms with Gasteiger partial charge in [-0.2, -0.15) is 0 Å². The Hall–Kier alpha value is -1.48. The first-order chi connectivity index (χ1) is 8.15. The number of nitrogens with one attached hydrogen (secondary N) is 1. The lowest BCUT2D eigenvalue weighted by Crippen LogP contribution is -2.19. The van der Waals surface area contributed by atoms with Gasteiger partial charge in [-0.3, -0.25) is 4.79 Å². The van der Waals surface area contributed by atoms with Gasteiger partial charge in [0.2, 0.25) is 0 Å². The highest BCUT2D eigenvalue weighted by molar-refractivity contribution is 7.96. The van der Waals surface area contributed by atoms with Gasteiger partial charge >= 0.3 is 0 Å². The molecule has 0 spiro atoms. The van der Waals surface area contributed by atoms with Crippen LogP contribution >= 0.6 is 12.6 Å². The van der Waals surface area contributed by atoms with Crippen LogP contribution in [0.1, 0.15) is 11.1 Å².